The molecule has 0 fully saturated rings. The number of nitrogens with zero attached hydrogens (tertiary/aromatic N) is 4. The van der Waals surface area contributed by atoms with Crippen molar-refractivity contribution >= 4 is 11.7 Å². The van der Waals surface area contributed by atoms with Crippen LogP contribution in [0.1, 0.15) is 21.7 Å². The third kappa shape index (κ3) is 2.62. The first-order valence-electron chi connectivity index (χ1n) is 5.41. The van der Waals surface area contributed by atoms with Crippen molar-refractivity contribution in [2.45, 2.75) is 13.5 Å². The van der Waals surface area contributed by atoms with Crippen molar-refractivity contribution in [3.63, 3.8) is 0 Å². The van der Waals surface area contributed by atoms with E-state index in [1.54, 1.807) is 4.68 Å². The summed E-state index contributed by atoms with van der Waals surface area (Å²) in [6.45, 7) is 2.30. The minimum atomic E-state index is -0.286. The summed E-state index contributed by atoms with van der Waals surface area (Å²) in [7, 11) is 1.84. The Morgan fingerprint density at radius 1 is 1.44 bits per heavy atom. The number of amides is 1. The van der Waals surface area contributed by atoms with Gasteiger partial charge in [-0.3, -0.25) is 9.48 Å². The van der Waals surface area contributed by atoms with Crippen LogP contribution in [-0.2, 0) is 13.6 Å². The van der Waals surface area contributed by atoms with Crippen LogP contribution in [0.4, 0.5) is 5.82 Å². The van der Waals surface area contributed by atoms with Crippen LogP contribution in [0.25, 0.3) is 0 Å². The predicted molar refractivity (Wildman–Crippen MR) is 65.6 cm³/mol. The van der Waals surface area contributed by atoms with E-state index in [2.05, 4.69) is 20.4 Å². The summed E-state index contributed by atoms with van der Waals surface area (Å²) in [6.07, 6.45) is 4.56. The fraction of sp³-hybridized carbons (Fsp3) is 0.273. The molecule has 2 rings (SSSR count). The highest BCUT2D eigenvalue weighted by Crippen LogP contribution is 2.04. The van der Waals surface area contributed by atoms with E-state index in [1.807, 2.05) is 20.2 Å². The van der Waals surface area contributed by atoms with Gasteiger partial charge in [-0.2, -0.15) is 5.10 Å². The van der Waals surface area contributed by atoms with Gasteiger partial charge in [0.1, 0.15) is 11.5 Å². The van der Waals surface area contributed by atoms with Crippen molar-refractivity contribution < 1.29 is 4.79 Å². The largest absolute Gasteiger partial charge is 0.382 e. The molecule has 0 aliphatic rings. The van der Waals surface area contributed by atoms with E-state index in [1.165, 1.54) is 12.4 Å². The van der Waals surface area contributed by atoms with E-state index < -0.39 is 0 Å². The summed E-state index contributed by atoms with van der Waals surface area (Å²) in [5.74, 6) is 0.000377. The number of hydrogen-bond donors (Lipinski definition) is 2. The number of hydrogen-bond acceptors (Lipinski definition) is 5. The van der Waals surface area contributed by atoms with Crippen LogP contribution in [0.5, 0.6) is 0 Å². The summed E-state index contributed by atoms with van der Waals surface area (Å²) < 4.78 is 1.71. The molecule has 0 bridgehead atoms. The zero-order valence-corrected chi connectivity index (χ0v) is 10.2. The molecule has 0 aliphatic heterocycles. The molecule has 0 atom stereocenters. The van der Waals surface area contributed by atoms with E-state index in [9.17, 15) is 4.79 Å². The number of carbonyl (C=O) groups excluding carboxylic acids is 1. The molecular formula is C11H14N6O. The Kier molecular flexibility index (Phi) is 3.22. The van der Waals surface area contributed by atoms with Crippen LogP contribution in [-0.4, -0.2) is 25.7 Å². The summed E-state index contributed by atoms with van der Waals surface area (Å²) in [5, 5.41) is 6.95. The van der Waals surface area contributed by atoms with Gasteiger partial charge in [0.2, 0.25) is 0 Å². The number of rotatable bonds is 3. The molecule has 94 valence electrons. The summed E-state index contributed by atoms with van der Waals surface area (Å²) in [4.78, 5) is 19.5. The van der Waals surface area contributed by atoms with Gasteiger partial charge in [0, 0.05) is 25.4 Å². The van der Waals surface area contributed by atoms with Gasteiger partial charge in [0.25, 0.3) is 5.91 Å². The van der Waals surface area contributed by atoms with E-state index in [0.717, 1.165) is 11.3 Å². The van der Waals surface area contributed by atoms with Gasteiger partial charge in [-0.1, -0.05) is 0 Å². The number of carbonyl (C=O) groups is 1. The Balaban J connectivity index is 2.00. The average Bonchev–Trinajstić information content (AvgIpc) is 2.66. The predicted octanol–water partition coefficient (Wildman–Crippen LogP) is 0.0307. The topological polar surface area (TPSA) is 98.7 Å². The van der Waals surface area contributed by atoms with Crippen LogP contribution < -0.4 is 11.1 Å². The third-order valence-corrected chi connectivity index (χ3v) is 2.46. The highest BCUT2D eigenvalue weighted by atomic mass is 16.1. The molecule has 0 aliphatic carbocycles. The fourth-order valence-electron chi connectivity index (χ4n) is 1.54. The first kappa shape index (κ1) is 12.0. The highest BCUT2D eigenvalue weighted by molar-refractivity contribution is 5.91. The standard InChI is InChI=1S/C11H14N6O/c1-7-8(6-17(2)16-7)3-15-11(18)9-4-14-10(12)5-13-9/h4-6H,3H2,1-2H3,(H2,12,14)(H,15,18). The molecule has 7 heteroatoms. The van der Waals surface area contributed by atoms with Gasteiger partial charge in [-0.25, -0.2) is 9.97 Å². The molecule has 0 unspecified atom stereocenters. The van der Waals surface area contributed by atoms with Crippen LogP contribution in [0.15, 0.2) is 18.6 Å². The van der Waals surface area contributed by atoms with Crippen molar-refractivity contribution in [3.8, 4) is 0 Å². The minimum absolute atomic E-state index is 0.241. The third-order valence-electron chi connectivity index (χ3n) is 2.46. The van der Waals surface area contributed by atoms with E-state index in [0.29, 0.717) is 6.54 Å². The number of aromatic nitrogens is 4. The molecule has 2 aromatic heterocycles. The van der Waals surface area contributed by atoms with Gasteiger partial charge < -0.3 is 11.1 Å². The second-order valence-electron chi connectivity index (χ2n) is 3.92. The fourth-order valence-corrected chi connectivity index (χ4v) is 1.54. The number of nitrogens with two attached hydrogens (primary N) is 1. The Morgan fingerprint density at radius 2 is 2.22 bits per heavy atom. The van der Waals surface area contributed by atoms with Gasteiger partial charge in [-0.15, -0.1) is 0 Å². The first-order valence-corrected chi connectivity index (χ1v) is 5.41. The van der Waals surface area contributed by atoms with E-state index >= 15 is 0 Å². The van der Waals surface area contributed by atoms with Gasteiger partial charge in [0.05, 0.1) is 18.1 Å². The Labute approximate surface area is 104 Å². The van der Waals surface area contributed by atoms with E-state index in [4.69, 9.17) is 5.73 Å². The molecule has 2 heterocycles. The SMILES string of the molecule is Cc1nn(C)cc1CNC(=O)c1cnc(N)cn1. The molecule has 7 nitrogen and oxygen atoms in total. The van der Waals surface area contributed by atoms with Crippen molar-refractivity contribution in [3.05, 3.63) is 35.5 Å². The van der Waals surface area contributed by atoms with Gasteiger partial charge in [-0.05, 0) is 6.92 Å². The molecule has 0 saturated carbocycles. The monoisotopic (exact) mass is 246 g/mol. The van der Waals surface area contributed by atoms with Crippen LogP contribution in [0.3, 0.4) is 0 Å². The van der Waals surface area contributed by atoms with Crippen molar-refractivity contribution in [1.29, 1.82) is 0 Å². The molecule has 1 amide bonds. The average molecular weight is 246 g/mol. The molecule has 18 heavy (non-hydrogen) atoms. The second-order valence-corrected chi connectivity index (χ2v) is 3.92. The molecule has 3 N–H and O–H groups in total. The van der Waals surface area contributed by atoms with Crippen molar-refractivity contribution in [1.82, 2.24) is 25.1 Å². The molecule has 0 radical (unpaired) electrons. The zero-order chi connectivity index (χ0) is 13.1. The lowest BCUT2D eigenvalue weighted by atomic mass is 10.2. The molecule has 2 aromatic rings. The normalized spacial score (nSPS) is 10.3. The van der Waals surface area contributed by atoms with Gasteiger partial charge in [0.15, 0.2) is 0 Å². The first-order chi connectivity index (χ1) is 8.56. The molecule has 0 saturated heterocycles. The zero-order valence-electron chi connectivity index (χ0n) is 10.2. The number of aryl methyl sites for hydroxylation is 2. The van der Waals surface area contributed by atoms with Crippen molar-refractivity contribution in [2.24, 2.45) is 7.05 Å². The second kappa shape index (κ2) is 4.82. The van der Waals surface area contributed by atoms with Crippen LogP contribution in [0, 0.1) is 6.92 Å². The van der Waals surface area contributed by atoms with E-state index in [-0.39, 0.29) is 17.4 Å². The Hall–Kier alpha value is -2.44. The summed E-state index contributed by atoms with van der Waals surface area (Å²) in [6, 6.07) is 0. The molecule has 0 aromatic carbocycles. The molecular weight excluding hydrogens is 232 g/mol. The van der Waals surface area contributed by atoms with Crippen LogP contribution in [0.2, 0.25) is 0 Å². The minimum Gasteiger partial charge on any atom is -0.382 e. The number of nitrogen functional groups attached to an aromatic ring is 1. The number of nitrogens with one attached hydrogen (secondary N) is 1. The summed E-state index contributed by atoms with van der Waals surface area (Å²) >= 11 is 0. The molecule has 0 spiro atoms. The number of anilines is 1. The van der Waals surface area contributed by atoms with Gasteiger partial charge >= 0.3 is 0 Å². The van der Waals surface area contributed by atoms with Crippen LogP contribution >= 0.6 is 0 Å². The Morgan fingerprint density at radius 3 is 2.78 bits per heavy atom. The van der Waals surface area contributed by atoms with Crippen molar-refractivity contribution in [2.75, 3.05) is 5.73 Å². The Bertz CT molecular complexity index is 559. The smallest absolute Gasteiger partial charge is 0.271 e. The highest BCUT2D eigenvalue weighted by Gasteiger charge is 2.09. The lowest BCUT2D eigenvalue weighted by Gasteiger charge is -2.03. The maximum atomic E-state index is 11.8. The quantitative estimate of drug-likeness (QED) is 0.796. The maximum Gasteiger partial charge on any atom is 0.271 e. The summed E-state index contributed by atoms with van der Waals surface area (Å²) in [5.41, 5.74) is 7.50. The lowest BCUT2D eigenvalue weighted by Crippen LogP contribution is -2.24. The lowest BCUT2D eigenvalue weighted by molar-refractivity contribution is 0.0945. The maximum absolute atomic E-state index is 11.8.